The molecule has 110 valence electrons. The lowest BCUT2D eigenvalue weighted by Gasteiger charge is -2.05. The van der Waals surface area contributed by atoms with Crippen molar-refractivity contribution < 1.29 is 16.8 Å². The van der Waals surface area contributed by atoms with Crippen molar-refractivity contribution in [3.05, 3.63) is 22.1 Å². The number of primary sulfonamides is 1. The molecule has 3 N–H and O–H groups in total. The van der Waals surface area contributed by atoms with E-state index in [1.54, 1.807) is 11.4 Å². The van der Waals surface area contributed by atoms with Crippen LogP contribution in [0.1, 0.15) is 0 Å². The molecule has 0 saturated carbocycles. The van der Waals surface area contributed by atoms with Gasteiger partial charge in [0, 0.05) is 17.7 Å². The van der Waals surface area contributed by atoms with Gasteiger partial charge in [0.2, 0.25) is 10.0 Å². The first-order valence-corrected chi connectivity index (χ1v) is 9.64. The molecule has 0 aliphatic heterocycles. The van der Waals surface area contributed by atoms with Gasteiger partial charge in [-0.2, -0.15) is 5.10 Å². The summed E-state index contributed by atoms with van der Waals surface area (Å²) in [6, 6.07) is 1.57. The lowest BCUT2D eigenvalue weighted by atomic mass is 10.7. The minimum Gasteiger partial charge on any atom is -0.272 e. The molecule has 12 heteroatoms. The van der Waals surface area contributed by atoms with E-state index >= 15 is 0 Å². The van der Waals surface area contributed by atoms with Gasteiger partial charge < -0.3 is 0 Å². The number of halogens is 1. The summed E-state index contributed by atoms with van der Waals surface area (Å²) < 4.78 is 50.8. The molecular formula is C8H9BrN4O4S3. The molecule has 0 amide bonds. The SMILES string of the molecule is Cn1cc(S(N)(=O)=O)c(NS(=O)(=O)c2sccc2Br)n1. The summed E-state index contributed by atoms with van der Waals surface area (Å²) in [5.41, 5.74) is 0. The van der Waals surface area contributed by atoms with Crippen LogP contribution < -0.4 is 9.86 Å². The van der Waals surface area contributed by atoms with Crippen LogP contribution in [-0.4, -0.2) is 26.6 Å². The van der Waals surface area contributed by atoms with Crippen molar-refractivity contribution in [3.63, 3.8) is 0 Å². The van der Waals surface area contributed by atoms with Gasteiger partial charge in [0.05, 0.1) is 0 Å². The molecule has 2 heterocycles. The predicted octanol–water partition coefficient (Wildman–Crippen LogP) is 0.692. The molecule has 0 unspecified atom stereocenters. The summed E-state index contributed by atoms with van der Waals surface area (Å²) in [6.45, 7) is 0. The summed E-state index contributed by atoms with van der Waals surface area (Å²) in [5.74, 6) is -0.338. The third kappa shape index (κ3) is 3.03. The Labute approximate surface area is 127 Å². The number of anilines is 1. The molecule has 0 saturated heterocycles. The number of rotatable bonds is 4. The lowest BCUT2D eigenvalue weighted by Crippen LogP contribution is -2.17. The molecule has 0 bridgehead atoms. The number of hydrogen-bond donors (Lipinski definition) is 2. The summed E-state index contributed by atoms with van der Waals surface area (Å²) in [5, 5.41) is 10.4. The van der Waals surface area contributed by atoms with Crippen molar-refractivity contribution in [3.8, 4) is 0 Å². The van der Waals surface area contributed by atoms with Crippen LogP contribution in [0.5, 0.6) is 0 Å². The third-order valence-corrected chi connectivity index (χ3v) is 7.08. The van der Waals surface area contributed by atoms with E-state index in [0.717, 1.165) is 22.2 Å². The minimum atomic E-state index is -4.08. The Bertz CT molecular complexity index is 852. The van der Waals surface area contributed by atoms with Crippen LogP contribution in [0.15, 0.2) is 31.2 Å². The maximum atomic E-state index is 12.2. The van der Waals surface area contributed by atoms with Crippen molar-refractivity contribution in [1.82, 2.24) is 9.78 Å². The fraction of sp³-hybridized carbons (Fsp3) is 0.125. The van der Waals surface area contributed by atoms with Gasteiger partial charge >= 0.3 is 0 Å². The van der Waals surface area contributed by atoms with Gasteiger partial charge in [0.15, 0.2) is 10.0 Å². The number of nitrogens with zero attached hydrogens (tertiary/aromatic N) is 2. The first-order chi connectivity index (χ1) is 9.11. The number of nitrogens with one attached hydrogen (secondary N) is 1. The van der Waals surface area contributed by atoms with Gasteiger partial charge in [0.1, 0.15) is 4.90 Å². The molecule has 0 atom stereocenters. The van der Waals surface area contributed by atoms with Crippen molar-refractivity contribution >= 4 is 53.1 Å². The van der Waals surface area contributed by atoms with E-state index < -0.39 is 24.9 Å². The second kappa shape index (κ2) is 5.11. The molecule has 0 aliphatic carbocycles. The number of aryl methyl sites for hydroxylation is 1. The summed E-state index contributed by atoms with van der Waals surface area (Å²) in [7, 11) is -6.57. The molecule has 0 fully saturated rings. The van der Waals surface area contributed by atoms with Crippen molar-refractivity contribution in [1.29, 1.82) is 0 Å². The zero-order valence-electron chi connectivity index (χ0n) is 9.94. The molecule has 20 heavy (non-hydrogen) atoms. The zero-order valence-corrected chi connectivity index (χ0v) is 14.0. The molecule has 0 aliphatic rings. The number of hydrogen-bond acceptors (Lipinski definition) is 6. The number of sulfonamides is 2. The maximum Gasteiger partial charge on any atom is 0.273 e. The topological polar surface area (TPSA) is 124 Å². The van der Waals surface area contributed by atoms with E-state index in [0.29, 0.717) is 4.47 Å². The van der Waals surface area contributed by atoms with Crippen LogP contribution in [0.4, 0.5) is 5.82 Å². The number of aromatic nitrogens is 2. The van der Waals surface area contributed by atoms with E-state index in [2.05, 4.69) is 25.8 Å². The van der Waals surface area contributed by atoms with Gasteiger partial charge in [-0.1, -0.05) is 0 Å². The zero-order chi connectivity index (χ0) is 15.1. The smallest absolute Gasteiger partial charge is 0.272 e. The van der Waals surface area contributed by atoms with Crippen LogP contribution in [0.3, 0.4) is 0 Å². The quantitative estimate of drug-likeness (QED) is 0.780. The number of nitrogens with two attached hydrogens (primary N) is 1. The van der Waals surface area contributed by atoms with Crippen LogP contribution in [0, 0.1) is 0 Å². The van der Waals surface area contributed by atoms with E-state index in [1.807, 2.05) is 0 Å². The van der Waals surface area contributed by atoms with Gasteiger partial charge in [-0.05, 0) is 27.4 Å². The highest BCUT2D eigenvalue weighted by Crippen LogP contribution is 2.30. The predicted molar refractivity (Wildman–Crippen MR) is 77.4 cm³/mol. The van der Waals surface area contributed by atoms with Crippen LogP contribution >= 0.6 is 27.3 Å². The minimum absolute atomic E-state index is 0.0172. The Hall–Kier alpha value is -0.950. The third-order valence-electron chi connectivity index (χ3n) is 2.16. The van der Waals surface area contributed by atoms with Gasteiger partial charge in [-0.25, -0.2) is 22.0 Å². The Morgan fingerprint density at radius 3 is 2.55 bits per heavy atom. The molecule has 2 aromatic rings. The molecule has 8 nitrogen and oxygen atoms in total. The Balaban J connectivity index is 2.49. The molecule has 0 spiro atoms. The van der Waals surface area contributed by atoms with Crippen molar-refractivity contribution in [2.24, 2.45) is 12.2 Å². The molecule has 2 rings (SSSR count). The highest BCUT2D eigenvalue weighted by atomic mass is 79.9. The van der Waals surface area contributed by atoms with Crippen LogP contribution in [-0.2, 0) is 27.1 Å². The monoisotopic (exact) mass is 400 g/mol. The highest BCUT2D eigenvalue weighted by Gasteiger charge is 2.25. The fourth-order valence-electron chi connectivity index (χ4n) is 1.39. The Morgan fingerprint density at radius 2 is 2.05 bits per heavy atom. The summed E-state index contributed by atoms with van der Waals surface area (Å²) in [4.78, 5) is -0.392. The standard InChI is InChI=1S/C8H9BrN4O4S3/c1-13-4-6(19(10,14)15)7(11-13)12-20(16,17)8-5(9)2-3-18-8/h2-4H,1H3,(H,11,12)(H2,10,14,15). The van der Waals surface area contributed by atoms with E-state index in [-0.39, 0.29) is 10.0 Å². The average molecular weight is 401 g/mol. The highest BCUT2D eigenvalue weighted by molar-refractivity contribution is 9.10. The summed E-state index contributed by atoms with van der Waals surface area (Å²) >= 11 is 4.08. The first kappa shape index (κ1) is 15.4. The Kier molecular flexibility index (Phi) is 3.94. The Morgan fingerprint density at radius 1 is 1.40 bits per heavy atom. The lowest BCUT2D eigenvalue weighted by molar-refractivity contribution is 0.598. The molecule has 0 radical (unpaired) electrons. The number of thiophene rings is 1. The molecule has 0 aromatic carbocycles. The van der Waals surface area contributed by atoms with Crippen LogP contribution in [0.2, 0.25) is 0 Å². The first-order valence-electron chi connectivity index (χ1n) is 4.93. The second-order valence-corrected chi connectivity index (χ2v) is 8.90. The second-order valence-electron chi connectivity index (χ2n) is 3.72. The van der Waals surface area contributed by atoms with Gasteiger partial charge in [-0.15, -0.1) is 11.3 Å². The van der Waals surface area contributed by atoms with Crippen molar-refractivity contribution in [2.75, 3.05) is 4.72 Å². The molecular weight excluding hydrogens is 392 g/mol. The normalized spacial score (nSPS) is 12.6. The summed E-state index contributed by atoms with van der Waals surface area (Å²) in [6.07, 6.45) is 1.12. The van der Waals surface area contributed by atoms with E-state index in [1.165, 1.54) is 7.05 Å². The molecule has 2 aromatic heterocycles. The van der Waals surface area contributed by atoms with Gasteiger partial charge in [-0.3, -0.25) is 9.40 Å². The fourth-order valence-corrected chi connectivity index (χ4v) is 5.47. The average Bonchev–Trinajstić information content (AvgIpc) is 2.83. The van der Waals surface area contributed by atoms with E-state index in [4.69, 9.17) is 5.14 Å². The largest absolute Gasteiger partial charge is 0.273 e. The van der Waals surface area contributed by atoms with Crippen molar-refractivity contribution in [2.45, 2.75) is 9.10 Å². The maximum absolute atomic E-state index is 12.2. The van der Waals surface area contributed by atoms with Crippen LogP contribution in [0.25, 0.3) is 0 Å². The van der Waals surface area contributed by atoms with Gasteiger partial charge in [0.25, 0.3) is 10.0 Å². The van der Waals surface area contributed by atoms with E-state index in [9.17, 15) is 16.8 Å².